The van der Waals surface area contributed by atoms with Crippen LogP contribution in [0.2, 0.25) is 0 Å². The molecule has 26 heavy (non-hydrogen) atoms. The number of hydrogen-bond donors (Lipinski definition) is 2. The van der Waals surface area contributed by atoms with Crippen molar-refractivity contribution >= 4 is 11.6 Å². The van der Waals surface area contributed by atoms with Crippen LogP contribution in [0, 0.1) is 0 Å². The van der Waals surface area contributed by atoms with Gasteiger partial charge in [-0.2, -0.15) is 0 Å². The van der Waals surface area contributed by atoms with Crippen LogP contribution >= 0.6 is 0 Å². The zero-order valence-electron chi connectivity index (χ0n) is 15.6. The van der Waals surface area contributed by atoms with Crippen LogP contribution in [0.3, 0.4) is 0 Å². The molecular weight excluding hydrogens is 330 g/mol. The van der Waals surface area contributed by atoms with Gasteiger partial charge in [-0.1, -0.05) is 12.1 Å². The highest BCUT2D eigenvalue weighted by Crippen LogP contribution is 2.16. The molecule has 0 fully saturated rings. The fraction of sp³-hybridized carbons (Fsp3) is 0.350. The molecular formula is C20H27N3O3. The molecule has 0 atom stereocenters. The van der Waals surface area contributed by atoms with Gasteiger partial charge in [0.25, 0.3) is 0 Å². The first-order valence-electron chi connectivity index (χ1n) is 8.61. The van der Waals surface area contributed by atoms with E-state index in [0.29, 0.717) is 25.7 Å². The summed E-state index contributed by atoms with van der Waals surface area (Å²) in [5.41, 5.74) is 7.84. The van der Waals surface area contributed by atoms with Crippen molar-refractivity contribution in [1.29, 1.82) is 0 Å². The zero-order chi connectivity index (χ0) is 18.8. The molecule has 0 spiro atoms. The molecule has 2 aromatic rings. The molecule has 0 saturated heterocycles. The van der Waals surface area contributed by atoms with E-state index < -0.39 is 0 Å². The standard InChI is InChI=1S/C20H27N3O3/c1-15(2)26-19-10-6-17(7-11-19)23-20(21)22-12-13-25-14-16-4-8-18(24-3)9-5-16/h4-11,15H,12-14H2,1-3H3,(H3,21,22,23). The van der Waals surface area contributed by atoms with Gasteiger partial charge in [-0.05, 0) is 55.8 Å². The van der Waals surface area contributed by atoms with Crippen molar-refractivity contribution in [2.24, 2.45) is 10.7 Å². The molecule has 2 aromatic carbocycles. The Balaban J connectivity index is 1.69. The summed E-state index contributed by atoms with van der Waals surface area (Å²) in [5, 5.41) is 3.05. The summed E-state index contributed by atoms with van der Waals surface area (Å²) in [7, 11) is 1.65. The maximum atomic E-state index is 5.89. The number of nitrogens with zero attached hydrogens (tertiary/aromatic N) is 1. The third kappa shape index (κ3) is 7.03. The van der Waals surface area contributed by atoms with Crippen LogP contribution < -0.4 is 20.5 Å². The molecule has 0 aromatic heterocycles. The van der Waals surface area contributed by atoms with E-state index in [1.165, 1.54) is 0 Å². The molecule has 0 bridgehead atoms. The highest BCUT2D eigenvalue weighted by atomic mass is 16.5. The van der Waals surface area contributed by atoms with Crippen LogP contribution in [0.1, 0.15) is 19.4 Å². The summed E-state index contributed by atoms with van der Waals surface area (Å²) in [6, 6.07) is 15.4. The summed E-state index contributed by atoms with van der Waals surface area (Å²) < 4.78 is 16.3. The van der Waals surface area contributed by atoms with Crippen molar-refractivity contribution in [2.45, 2.75) is 26.6 Å². The number of hydrogen-bond acceptors (Lipinski definition) is 4. The molecule has 0 unspecified atom stereocenters. The zero-order valence-corrected chi connectivity index (χ0v) is 15.6. The molecule has 0 amide bonds. The fourth-order valence-electron chi connectivity index (χ4n) is 2.22. The van der Waals surface area contributed by atoms with Gasteiger partial charge in [0.1, 0.15) is 11.5 Å². The predicted molar refractivity (Wildman–Crippen MR) is 105 cm³/mol. The Morgan fingerprint density at radius 2 is 1.69 bits per heavy atom. The van der Waals surface area contributed by atoms with Gasteiger partial charge in [-0.15, -0.1) is 0 Å². The molecule has 0 aliphatic rings. The van der Waals surface area contributed by atoms with E-state index in [0.717, 1.165) is 22.7 Å². The van der Waals surface area contributed by atoms with Gasteiger partial charge in [0, 0.05) is 5.69 Å². The van der Waals surface area contributed by atoms with E-state index in [4.69, 9.17) is 19.9 Å². The first-order valence-corrected chi connectivity index (χ1v) is 8.61. The Bertz CT molecular complexity index is 682. The van der Waals surface area contributed by atoms with Gasteiger partial charge >= 0.3 is 0 Å². The highest BCUT2D eigenvalue weighted by Gasteiger charge is 1.99. The quantitative estimate of drug-likeness (QED) is 0.408. The van der Waals surface area contributed by atoms with Gasteiger partial charge in [-0.25, -0.2) is 0 Å². The Morgan fingerprint density at radius 3 is 2.31 bits per heavy atom. The second-order valence-electron chi connectivity index (χ2n) is 5.98. The minimum atomic E-state index is 0.151. The number of guanidine groups is 1. The van der Waals surface area contributed by atoms with Gasteiger partial charge in [0.15, 0.2) is 5.96 Å². The van der Waals surface area contributed by atoms with Crippen LogP contribution in [0.4, 0.5) is 5.69 Å². The minimum Gasteiger partial charge on any atom is -0.497 e. The number of ether oxygens (including phenoxy) is 3. The third-order valence-electron chi connectivity index (χ3n) is 3.44. The van der Waals surface area contributed by atoms with E-state index in [9.17, 15) is 0 Å². The van der Waals surface area contributed by atoms with Crippen molar-refractivity contribution in [2.75, 3.05) is 25.6 Å². The topological polar surface area (TPSA) is 78.1 Å². The average molecular weight is 357 g/mol. The molecule has 0 saturated carbocycles. The van der Waals surface area contributed by atoms with E-state index in [1.807, 2.05) is 62.4 Å². The lowest BCUT2D eigenvalue weighted by Gasteiger charge is -2.11. The summed E-state index contributed by atoms with van der Waals surface area (Å²) >= 11 is 0. The maximum Gasteiger partial charge on any atom is 0.193 e. The summed E-state index contributed by atoms with van der Waals surface area (Å²) in [6.45, 7) is 5.50. The smallest absolute Gasteiger partial charge is 0.193 e. The van der Waals surface area contributed by atoms with Gasteiger partial charge in [0.05, 0.1) is 33.0 Å². The predicted octanol–water partition coefficient (Wildman–Crippen LogP) is 3.43. The number of nitrogens with one attached hydrogen (secondary N) is 1. The van der Waals surface area contributed by atoms with Crippen molar-refractivity contribution in [3.63, 3.8) is 0 Å². The Kier molecular flexibility index (Phi) is 7.76. The first-order chi connectivity index (χ1) is 12.6. The normalized spacial score (nSPS) is 11.5. The lowest BCUT2D eigenvalue weighted by Crippen LogP contribution is -2.23. The maximum absolute atomic E-state index is 5.89. The number of benzene rings is 2. The number of aliphatic imine (C=N–C) groups is 1. The number of nitrogens with two attached hydrogens (primary N) is 1. The fourth-order valence-corrected chi connectivity index (χ4v) is 2.22. The van der Waals surface area contributed by atoms with Crippen LogP contribution in [0.15, 0.2) is 53.5 Å². The van der Waals surface area contributed by atoms with E-state index in [-0.39, 0.29) is 6.10 Å². The number of rotatable bonds is 9. The number of anilines is 1. The van der Waals surface area contributed by atoms with Crippen LogP contribution in [0.5, 0.6) is 11.5 Å². The van der Waals surface area contributed by atoms with Gasteiger partial charge < -0.3 is 25.3 Å². The van der Waals surface area contributed by atoms with Gasteiger partial charge in [0.2, 0.25) is 0 Å². The molecule has 0 aliphatic carbocycles. The Hall–Kier alpha value is -2.73. The SMILES string of the molecule is COc1ccc(COCCN=C(N)Nc2ccc(OC(C)C)cc2)cc1. The van der Waals surface area contributed by atoms with Crippen molar-refractivity contribution < 1.29 is 14.2 Å². The molecule has 2 rings (SSSR count). The molecule has 0 aliphatic heterocycles. The molecule has 0 heterocycles. The molecule has 0 radical (unpaired) electrons. The van der Waals surface area contributed by atoms with Crippen LogP contribution in [0.25, 0.3) is 0 Å². The van der Waals surface area contributed by atoms with Crippen LogP contribution in [-0.4, -0.2) is 32.3 Å². The lowest BCUT2D eigenvalue weighted by molar-refractivity contribution is 0.128. The second kappa shape index (κ2) is 10.3. The number of methoxy groups -OCH3 is 1. The molecule has 140 valence electrons. The molecule has 6 heteroatoms. The van der Waals surface area contributed by atoms with Crippen molar-refractivity contribution in [1.82, 2.24) is 0 Å². The minimum absolute atomic E-state index is 0.151. The molecule has 3 N–H and O–H groups in total. The molecule has 6 nitrogen and oxygen atoms in total. The summed E-state index contributed by atoms with van der Waals surface area (Å²) in [6.07, 6.45) is 0.151. The second-order valence-corrected chi connectivity index (χ2v) is 5.98. The highest BCUT2D eigenvalue weighted by molar-refractivity contribution is 5.92. The van der Waals surface area contributed by atoms with E-state index in [1.54, 1.807) is 7.11 Å². The first kappa shape index (κ1) is 19.6. The van der Waals surface area contributed by atoms with E-state index in [2.05, 4.69) is 10.3 Å². The third-order valence-corrected chi connectivity index (χ3v) is 3.44. The van der Waals surface area contributed by atoms with Crippen LogP contribution in [-0.2, 0) is 11.3 Å². The largest absolute Gasteiger partial charge is 0.497 e. The summed E-state index contributed by atoms with van der Waals surface area (Å²) in [4.78, 5) is 4.26. The van der Waals surface area contributed by atoms with Gasteiger partial charge in [-0.3, -0.25) is 4.99 Å². The van der Waals surface area contributed by atoms with Crippen molar-refractivity contribution in [3.05, 3.63) is 54.1 Å². The summed E-state index contributed by atoms with van der Waals surface area (Å²) in [5.74, 6) is 2.02. The monoisotopic (exact) mass is 357 g/mol. The Morgan fingerprint density at radius 1 is 1.04 bits per heavy atom. The van der Waals surface area contributed by atoms with E-state index >= 15 is 0 Å². The van der Waals surface area contributed by atoms with Crippen molar-refractivity contribution in [3.8, 4) is 11.5 Å². The Labute approximate surface area is 155 Å². The average Bonchev–Trinajstić information content (AvgIpc) is 2.63. The lowest BCUT2D eigenvalue weighted by atomic mass is 10.2.